The highest BCUT2D eigenvalue weighted by molar-refractivity contribution is 5.94. The second kappa shape index (κ2) is 13.5. The molecule has 4 rings (SSSR count). The minimum atomic E-state index is -0.927. The predicted molar refractivity (Wildman–Crippen MR) is 146 cm³/mol. The van der Waals surface area contributed by atoms with Gasteiger partial charge in [-0.1, -0.05) is 63.2 Å². The average Bonchev–Trinajstić information content (AvgIpc) is 3.32. The molecule has 206 valence electrons. The first kappa shape index (κ1) is 27.7. The molecule has 1 amide bonds. The van der Waals surface area contributed by atoms with E-state index in [9.17, 15) is 19.8 Å². The van der Waals surface area contributed by atoms with Crippen LogP contribution in [0.25, 0.3) is 11.3 Å². The van der Waals surface area contributed by atoms with Gasteiger partial charge in [0.2, 0.25) is 0 Å². The molecular formula is C30H41N3O5. The molecule has 1 unspecified atom stereocenters. The molecular weight excluding hydrogens is 482 g/mol. The molecule has 2 aliphatic rings. The maximum atomic E-state index is 13.4. The summed E-state index contributed by atoms with van der Waals surface area (Å²) >= 11 is 0. The first-order chi connectivity index (χ1) is 18.5. The number of carboxylic acids is 1. The molecule has 1 fully saturated rings. The summed E-state index contributed by atoms with van der Waals surface area (Å²) in [5, 5.41) is 27.9. The minimum Gasteiger partial charge on any atom is -0.507 e. The topological polar surface area (TPSA) is 114 Å². The van der Waals surface area contributed by atoms with E-state index in [1.54, 1.807) is 31.4 Å². The number of aromatic hydroxyl groups is 1. The van der Waals surface area contributed by atoms with Crippen molar-refractivity contribution < 1.29 is 24.5 Å². The van der Waals surface area contributed by atoms with E-state index in [1.807, 2.05) is 4.68 Å². The van der Waals surface area contributed by atoms with Crippen molar-refractivity contribution >= 4 is 11.9 Å². The number of carbonyl (C=O) groups is 2. The van der Waals surface area contributed by atoms with Gasteiger partial charge < -0.3 is 20.3 Å². The van der Waals surface area contributed by atoms with Crippen molar-refractivity contribution in [2.45, 2.75) is 95.6 Å². The lowest BCUT2D eigenvalue weighted by molar-refractivity contribution is -0.137. The number of phenolic OH excluding ortho intramolecular Hbond substituents is 1. The van der Waals surface area contributed by atoms with E-state index in [0.29, 0.717) is 29.3 Å². The number of ether oxygens (including phenoxy) is 1. The summed E-state index contributed by atoms with van der Waals surface area (Å²) in [6.07, 6.45) is 17.0. The molecule has 0 spiro atoms. The molecule has 2 aliphatic carbocycles. The SMILES string of the molecule is COc1cccc(O)c1-c1cc(C(=O)N[C@@H](CCC2CCCCC2)CC(=O)O)nn1C1/C=C\CCCCC1. The number of hydrogen-bond donors (Lipinski definition) is 3. The molecule has 2 aromatic rings. The van der Waals surface area contributed by atoms with Crippen molar-refractivity contribution in [3.05, 3.63) is 42.1 Å². The first-order valence-electron chi connectivity index (χ1n) is 14.1. The Bertz CT molecular complexity index is 1120. The second-order valence-corrected chi connectivity index (χ2v) is 10.7. The average molecular weight is 524 g/mol. The van der Waals surface area contributed by atoms with E-state index in [4.69, 9.17) is 9.84 Å². The molecule has 38 heavy (non-hydrogen) atoms. The molecule has 0 radical (unpaired) electrons. The van der Waals surface area contributed by atoms with E-state index in [0.717, 1.165) is 38.5 Å². The number of allylic oxidation sites excluding steroid dienone is 2. The monoisotopic (exact) mass is 523 g/mol. The van der Waals surface area contributed by atoms with Crippen LogP contribution in [-0.2, 0) is 4.79 Å². The van der Waals surface area contributed by atoms with Gasteiger partial charge >= 0.3 is 5.97 Å². The zero-order valence-electron chi connectivity index (χ0n) is 22.4. The largest absolute Gasteiger partial charge is 0.507 e. The zero-order chi connectivity index (χ0) is 26.9. The third kappa shape index (κ3) is 7.17. The predicted octanol–water partition coefficient (Wildman–Crippen LogP) is 6.26. The smallest absolute Gasteiger partial charge is 0.305 e. The van der Waals surface area contributed by atoms with Crippen molar-refractivity contribution in [3.63, 3.8) is 0 Å². The number of nitrogens with one attached hydrogen (secondary N) is 1. The summed E-state index contributed by atoms with van der Waals surface area (Å²) in [5.41, 5.74) is 1.28. The zero-order valence-corrected chi connectivity index (χ0v) is 22.4. The van der Waals surface area contributed by atoms with Crippen LogP contribution >= 0.6 is 0 Å². The van der Waals surface area contributed by atoms with Crippen LogP contribution in [0.5, 0.6) is 11.5 Å². The summed E-state index contributed by atoms with van der Waals surface area (Å²) in [7, 11) is 1.55. The summed E-state index contributed by atoms with van der Waals surface area (Å²) in [4.78, 5) is 25.0. The summed E-state index contributed by atoms with van der Waals surface area (Å²) in [6, 6.07) is 6.22. The number of nitrogens with zero attached hydrogens (tertiary/aromatic N) is 2. The van der Waals surface area contributed by atoms with Crippen LogP contribution in [0.2, 0.25) is 0 Å². The number of hydrogen-bond acceptors (Lipinski definition) is 5. The number of aromatic nitrogens is 2. The highest BCUT2D eigenvalue weighted by Gasteiger charge is 2.26. The molecule has 8 heteroatoms. The van der Waals surface area contributed by atoms with Gasteiger partial charge in [-0.15, -0.1) is 0 Å². The van der Waals surface area contributed by atoms with Crippen molar-refractivity contribution in [3.8, 4) is 22.8 Å². The van der Waals surface area contributed by atoms with Gasteiger partial charge in [-0.2, -0.15) is 5.10 Å². The molecule has 0 bridgehead atoms. The number of aliphatic carboxylic acids is 1. The van der Waals surface area contributed by atoms with Gasteiger partial charge in [0, 0.05) is 6.04 Å². The fraction of sp³-hybridized carbons (Fsp3) is 0.567. The molecule has 0 aliphatic heterocycles. The van der Waals surface area contributed by atoms with Gasteiger partial charge in [-0.05, 0) is 56.2 Å². The molecule has 1 heterocycles. The Morgan fingerprint density at radius 1 is 1.13 bits per heavy atom. The lowest BCUT2D eigenvalue weighted by atomic mass is 9.85. The van der Waals surface area contributed by atoms with Crippen LogP contribution in [0.3, 0.4) is 0 Å². The van der Waals surface area contributed by atoms with Crippen molar-refractivity contribution in [1.82, 2.24) is 15.1 Å². The summed E-state index contributed by atoms with van der Waals surface area (Å²) in [5.74, 6) is -0.192. The van der Waals surface area contributed by atoms with Crippen LogP contribution in [0, 0.1) is 5.92 Å². The molecule has 8 nitrogen and oxygen atoms in total. The third-order valence-corrected chi connectivity index (χ3v) is 7.90. The molecule has 1 aromatic carbocycles. The van der Waals surface area contributed by atoms with Gasteiger partial charge in [0.15, 0.2) is 5.69 Å². The minimum absolute atomic E-state index is 0.0449. The third-order valence-electron chi connectivity index (χ3n) is 7.90. The van der Waals surface area contributed by atoms with Gasteiger partial charge in [0.25, 0.3) is 5.91 Å². The van der Waals surface area contributed by atoms with Crippen LogP contribution in [0.1, 0.15) is 100 Å². The molecule has 3 N–H and O–H groups in total. The van der Waals surface area contributed by atoms with E-state index in [1.165, 1.54) is 32.1 Å². The Morgan fingerprint density at radius 2 is 1.89 bits per heavy atom. The first-order valence-corrected chi connectivity index (χ1v) is 14.1. The van der Waals surface area contributed by atoms with Crippen LogP contribution in [0.4, 0.5) is 0 Å². The summed E-state index contributed by atoms with van der Waals surface area (Å²) in [6.45, 7) is 0. The lowest BCUT2D eigenvalue weighted by Gasteiger charge is -2.24. The fourth-order valence-corrected chi connectivity index (χ4v) is 5.85. The maximum absolute atomic E-state index is 13.4. The molecule has 0 saturated heterocycles. The summed E-state index contributed by atoms with van der Waals surface area (Å²) < 4.78 is 7.36. The Hall–Kier alpha value is -3.29. The number of benzene rings is 1. The van der Waals surface area contributed by atoms with E-state index in [2.05, 4.69) is 17.5 Å². The van der Waals surface area contributed by atoms with E-state index < -0.39 is 17.9 Å². The highest BCUT2D eigenvalue weighted by Crippen LogP contribution is 2.40. The molecule has 2 atom stereocenters. The Morgan fingerprint density at radius 3 is 2.66 bits per heavy atom. The van der Waals surface area contributed by atoms with Gasteiger partial charge in [0.1, 0.15) is 11.5 Å². The number of carbonyl (C=O) groups excluding carboxylic acids is 1. The Kier molecular flexibility index (Phi) is 9.85. The molecule has 1 aromatic heterocycles. The quantitative estimate of drug-likeness (QED) is 0.317. The van der Waals surface area contributed by atoms with Crippen molar-refractivity contribution in [1.29, 1.82) is 0 Å². The van der Waals surface area contributed by atoms with Crippen molar-refractivity contribution in [2.24, 2.45) is 5.92 Å². The Balaban J connectivity index is 1.62. The number of carboxylic acid groups (broad SMARTS) is 1. The van der Waals surface area contributed by atoms with Gasteiger partial charge in [-0.25, -0.2) is 0 Å². The lowest BCUT2D eigenvalue weighted by Crippen LogP contribution is -2.37. The van der Waals surface area contributed by atoms with Gasteiger partial charge in [0.05, 0.1) is 30.8 Å². The van der Waals surface area contributed by atoms with E-state index >= 15 is 0 Å². The maximum Gasteiger partial charge on any atom is 0.305 e. The highest BCUT2D eigenvalue weighted by atomic mass is 16.5. The Labute approximate surface area is 225 Å². The standard InChI is InChI=1S/C30H41N3O5/c1-38-27-16-10-15-26(34)29(27)25-20-24(32-33(25)23-13-8-3-2-4-9-14-23)30(37)31-22(19-28(35)36)18-17-21-11-6-5-7-12-21/h8,10,13,15-16,20-23,34H,2-7,9,11-12,14,17-19H2,1H3,(H,31,37)(H,35,36)/b13-8-/t22-,23?/m0/s1. The normalized spacial score (nSPS) is 20.2. The van der Waals surface area contributed by atoms with E-state index in [-0.39, 0.29) is 23.9 Å². The van der Waals surface area contributed by atoms with Crippen LogP contribution in [-0.4, -0.2) is 45.0 Å². The van der Waals surface area contributed by atoms with Crippen molar-refractivity contribution in [2.75, 3.05) is 7.11 Å². The number of phenols is 1. The molecule has 1 saturated carbocycles. The van der Waals surface area contributed by atoms with Gasteiger partial charge in [-0.3, -0.25) is 14.3 Å². The number of methoxy groups -OCH3 is 1. The van der Waals surface area contributed by atoms with Crippen LogP contribution in [0.15, 0.2) is 36.4 Å². The number of amides is 1. The second-order valence-electron chi connectivity index (χ2n) is 10.7. The van der Waals surface area contributed by atoms with Crippen LogP contribution < -0.4 is 10.1 Å². The fourth-order valence-electron chi connectivity index (χ4n) is 5.85. The number of rotatable bonds is 10.